The van der Waals surface area contributed by atoms with Crippen molar-refractivity contribution in [1.29, 1.82) is 0 Å². The number of hydrogen-bond donors (Lipinski definition) is 1. The van der Waals surface area contributed by atoms with Crippen LogP contribution in [-0.2, 0) is 18.4 Å². The minimum atomic E-state index is -3.07. The molecule has 0 bridgehead atoms. The summed E-state index contributed by atoms with van der Waals surface area (Å²) < 4.78 is 20.9. The zero-order valence-electron chi connectivity index (χ0n) is 30.9. The maximum absolute atomic E-state index is 13.7. The van der Waals surface area contributed by atoms with Crippen LogP contribution in [-0.4, -0.2) is 52.1 Å². The summed E-state index contributed by atoms with van der Waals surface area (Å²) in [5.41, 5.74) is -0.652. The number of aliphatic hydroxyl groups excluding tert-OH is 1. The van der Waals surface area contributed by atoms with Crippen molar-refractivity contribution >= 4 is 43.4 Å². The van der Waals surface area contributed by atoms with E-state index in [-0.39, 0.29) is 29.1 Å². The summed E-state index contributed by atoms with van der Waals surface area (Å²) in [5.74, 6) is -0.336. The molecule has 0 radical (unpaired) electrons. The lowest BCUT2D eigenvalue weighted by Crippen LogP contribution is -2.69. The summed E-state index contributed by atoms with van der Waals surface area (Å²) in [7, 11) is -6.10. The Morgan fingerprint density at radius 2 is 0.857 bits per heavy atom. The van der Waals surface area contributed by atoms with Crippen molar-refractivity contribution in [2.24, 2.45) is 0 Å². The van der Waals surface area contributed by atoms with E-state index in [9.17, 15) is 9.90 Å². The summed E-state index contributed by atoms with van der Waals surface area (Å²) >= 11 is 0. The van der Waals surface area contributed by atoms with Crippen LogP contribution in [0.2, 0.25) is 10.1 Å². The minimum Gasteiger partial charge on any atom is -0.460 e. The maximum atomic E-state index is 13.7. The van der Waals surface area contributed by atoms with E-state index in [4.69, 9.17) is 13.6 Å². The molecular formula is C42H56O5Si2. The van der Waals surface area contributed by atoms with Crippen LogP contribution in [0.3, 0.4) is 0 Å². The molecule has 5 nitrogen and oxygen atoms in total. The lowest BCUT2D eigenvalue weighted by molar-refractivity contribution is -0.157. The van der Waals surface area contributed by atoms with E-state index in [1.807, 2.05) is 45.0 Å². The Morgan fingerprint density at radius 1 is 0.551 bits per heavy atom. The van der Waals surface area contributed by atoms with Crippen LogP contribution in [0.4, 0.5) is 0 Å². The van der Waals surface area contributed by atoms with Gasteiger partial charge in [-0.2, -0.15) is 0 Å². The minimum absolute atomic E-state index is 0.0301. The first kappa shape index (κ1) is 38.5. The fraction of sp³-hybridized carbons (Fsp3) is 0.405. The van der Waals surface area contributed by atoms with Gasteiger partial charge in [-0.1, -0.05) is 163 Å². The van der Waals surface area contributed by atoms with Gasteiger partial charge in [0.2, 0.25) is 0 Å². The number of carbonyl (C=O) groups is 1. The molecular weight excluding hydrogens is 641 g/mol. The number of hydrogen-bond acceptors (Lipinski definition) is 5. The van der Waals surface area contributed by atoms with Crippen LogP contribution < -0.4 is 20.7 Å². The van der Waals surface area contributed by atoms with Gasteiger partial charge in [0.15, 0.2) is 0 Å². The number of carbonyl (C=O) groups excluding carboxylic acids is 1. The van der Waals surface area contributed by atoms with E-state index in [1.54, 1.807) is 0 Å². The van der Waals surface area contributed by atoms with Gasteiger partial charge in [-0.05, 0) is 51.6 Å². The number of benzene rings is 4. The molecule has 49 heavy (non-hydrogen) atoms. The number of esters is 1. The van der Waals surface area contributed by atoms with Gasteiger partial charge in [-0.25, -0.2) is 0 Å². The summed E-state index contributed by atoms with van der Waals surface area (Å²) in [4.78, 5) is 13.7. The third kappa shape index (κ3) is 8.88. The summed E-state index contributed by atoms with van der Waals surface area (Å²) in [6, 6.07) is 41.7. The van der Waals surface area contributed by atoms with Crippen LogP contribution in [0.5, 0.6) is 0 Å². The van der Waals surface area contributed by atoms with E-state index in [0.717, 1.165) is 20.7 Å². The zero-order chi connectivity index (χ0) is 35.9. The molecule has 0 amide bonds. The van der Waals surface area contributed by atoms with Crippen molar-refractivity contribution in [3.8, 4) is 0 Å². The standard InChI is InChI=1S/C42H56O5Si2/c1-40(2,3)45-39(44)31-33(46-48(41(4,5)6,35-22-14-10-15-23-35)36-24-16-11-17-25-36)30-34(32-43)47-49(42(7,8)9,37-26-18-12-19-27-37)38-28-20-13-21-29-38/h10-29,33-34,43H,30-32H2,1-9H3/t33-,34+/m0/s1. The Kier molecular flexibility index (Phi) is 12.3. The lowest BCUT2D eigenvalue weighted by atomic mass is 10.1. The second-order valence-corrected chi connectivity index (χ2v) is 24.5. The Labute approximate surface area is 296 Å². The van der Waals surface area contributed by atoms with E-state index in [1.165, 1.54) is 0 Å². The molecule has 2 atom stereocenters. The molecule has 262 valence electrons. The van der Waals surface area contributed by atoms with Crippen LogP contribution >= 0.6 is 0 Å². The second-order valence-electron chi connectivity index (χ2n) is 16.0. The summed E-state index contributed by atoms with van der Waals surface area (Å²) in [6.45, 7) is 18.8. The largest absolute Gasteiger partial charge is 0.460 e. The second kappa shape index (κ2) is 15.7. The van der Waals surface area contributed by atoms with Crippen LogP contribution in [0.15, 0.2) is 121 Å². The number of aliphatic hydroxyl groups is 1. The van der Waals surface area contributed by atoms with Crippen molar-refractivity contribution in [1.82, 2.24) is 0 Å². The van der Waals surface area contributed by atoms with E-state index in [2.05, 4.69) is 139 Å². The molecule has 0 fully saturated rings. The molecule has 0 saturated heterocycles. The molecule has 0 saturated carbocycles. The normalized spacial score (nSPS) is 14.2. The topological polar surface area (TPSA) is 65.0 Å². The van der Waals surface area contributed by atoms with Gasteiger partial charge >= 0.3 is 5.97 Å². The quantitative estimate of drug-likeness (QED) is 0.121. The molecule has 0 spiro atoms. The predicted molar refractivity (Wildman–Crippen MR) is 207 cm³/mol. The number of ether oxygens (including phenoxy) is 1. The Hall–Kier alpha value is -3.34. The Morgan fingerprint density at radius 3 is 1.12 bits per heavy atom. The van der Waals surface area contributed by atoms with Crippen LogP contribution in [0, 0.1) is 0 Å². The van der Waals surface area contributed by atoms with Gasteiger partial charge in [0.1, 0.15) is 5.60 Å². The van der Waals surface area contributed by atoms with Gasteiger partial charge in [0.05, 0.1) is 25.2 Å². The van der Waals surface area contributed by atoms with Crippen molar-refractivity contribution in [3.63, 3.8) is 0 Å². The van der Waals surface area contributed by atoms with Gasteiger partial charge in [0.25, 0.3) is 16.6 Å². The first-order valence-corrected chi connectivity index (χ1v) is 21.3. The van der Waals surface area contributed by atoms with Crippen molar-refractivity contribution in [3.05, 3.63) is 121 Å². The van der Waals surface area contributed by atoms with Crippen LogP contribution in [0.25, 0.3) is 0 Å². The molecule has 0 unspecified atom stereocenters. The molecule has 4 aromatic rings. The molecule has 0 heterocycles. The molecule has 0 aliphatic heterocycles. The molecule has 1 N–H and O–H groups in total. The smallest absolute Gasteiger partial charge is 0.308 e. The van der Waals surface area contributed by atoms with Crippen molar-refractivity contribution in [2.45, 2.75) is 103 Å². The third-order valence-electron chi connectivity index (χ3n) is 9.06. The van der Waals surface area contributed by atoms with Gasteiger partial charge < -0.3 is 18.7 Å². The first-order chi connectivity index (χ1) is 23.0. The van der Waals surface area contributed by atoms with Crippen molar-refractivity contribution < 1.29 is 23.5 Å². The molecule has 4 rings (SSSR count). The van der Waals surface area contributed by atoms with E-state index < -0.39 is 34.4 Å². The van der Waals surface area contributed by atoms with Crippen molar-refractivity contribution in [2.75, 3.05) is 6.61 Å². The molecule has 0 aliphatic carbocycles. The summed E-state index contributed by atoms with van der Waals surface area (Å²) in [6.07, 6.45) is -0.874. The average Bonchev–Trinajstić information content (AvgIpc) is 3.05. The zero-order valence-corrected chi connectivity index (χ0v) is 32.9. The van der Waals surface area contributed by atoms with E-state index in [0.29, 0.717) is 6.42 Å². The highest BCUT2D eigenvalue weighted by Gasteiger charge is 2.54. The highest BCUT2D eigenvalue weighted by Crippen LogP contribution is 2.40. The maximum Gasteiger partial charge on any atom is 0.308 e. The van der Waals surface area contributed by atoms with Gasteiger partial charge in [-0.3, -0.25) is 4.79 Å². The first-order valence-electron chi connectivity index (χ1n) is 17.4. The predicted octanol–water partition coefficient (Wildman–Crippen LogP) is 6.99. The molecule has 7 heteroatoms. The lowest BCUT2D eigenvalue weighted by Gasteiger charge is -2.47. The van der Waals surface area contributed by atoms with E-state index >= 15 is 0 Å². The summed E-state index contributed by atoms with van der Waals surface area (Å²) in [5, 5.41) is 15.0. The SMILES string of the molecule is CC(C)(C)OC(=O)C[C@H](C[C@H](CO)O[Si](c1ccccc1)(c1ccccc1)C(C)(C)C)O[Si](c1ccccc1)(c1ccccc1)C(C)(C)C. The van der Waals surface area contributed by atoms with Gasteiger partial charge in [-0.15, -0.1) is 0 Å². The van der Waals surface area contributed by atoms with Crippen LogP contribution in [0.1, 0.15) is 75.2 Å². The monoisotopic (exact) mass is 696 g/mol. The fourth-order valence-corrected chi connectivity index (χ4v) is 16.5. The third-order valence-corrected chi connectivity index (χ3v) is 19.2. The van der Waals surface area contributed by atoms with Gasteiger partial charge in [0, 0.05) is 6.42 Å². The molecule has 0 aromatic heterocycles. The highest BCUT2D eigenvalue weighted by atomic mass is 28.4. The average molecular weight is 697 g/mol. The molecule has 4 aromatic carbocycles. The number of rotatable bonds is 13. The fourth-order valence-electron chi connectivity index (χ4n) is 7.08. The highest BCUT2D eigenvalue weighted by molar-refractivity contribution is 7.00. The molecule has 0 aliphatic rings. The Bertz CT molecular complexity index is 1510. The Balaban J connectivity index is 1.87.